The lowest BCUT2D eigenvalue weighted by Gasteiger charge is -2.34. The van der Waals surface area contributed by atoms with E-state index in [0.717, 1.165) is 5.75 Å². The number of ether oxygens (including phenoxy) is 3. The van der Waals surface area contributed by atoms with E-state index in [2.05, 4.69) is 0 Å². The highest BCUT2D eigenvalue weighted by atomic mass is 16.6. The Bertz CT molecular complexity index is 931. The van der Waals surface area contributed by atoms with Gasteiger partial charge in [0.05, 0.1) is 12.2 Å². The monoisotopic (exact) mass is 410 g/mol. The molecule has 0 aromatic heterocycles. The van der Waals surface area contributed by atoms with E-state index >= 15 is 0 Å². The zero-order valence-corrected chi connectivity index (χ0v) is 17.2. The average Bonchev–Trinajstić information content (AvgIpc) is 2.77. The van der Waals surface area contributed by atoms with E-state index in [1.165, 1.54) is 0 Å². The van der Waals surface area contributed by atoms with Gasteiger partial charge in [-0.15, -0.1) is 0 Å². The first-order valence-corrected chi connectivity index (χ1v) is 10.3. The number of fused-ring (bicyclic) bond motifs is 2. The van der Waals surface area contributed by atoms with Gasteiger partial charge in [0.15, 0.2) is 23.7 Å². The van der Waals surface area contributed by atoms with Crippen LogP contribution in [-0.2, 0) is 9.59 Å². The number of hydrogen-bond acceptors (Lipinski definition) is 5. The van der Waals surface area contributed by atoms with Crippen molar-refractivity contribution in [2.24, 2.45) is 0 Å². The van der Waals surface area contributed by atoms with Gasteiger partial charge in [0.1, 0.15) is 12.4 Å². The molecule has 0 fully saturated rings. The molecule has 30 heavy (non-hydrogen) atoms. The van der Waals surface area contributed by atoms with Crippen LogP contribution in [0.15, 0.2) is 48.5 Å². The maximum Gasteiger partial charge on any atom is 0.267 e. The second-order valence-electron chi connectivity index (χ2n) is 7.40. The quantitative estimate of drug-likeness (QED) is 0.733. The molecule has 7 nitrogen and oxygen atoms in total. The van der Waals surface area contributed by atoms with Gasteiger partial charge in [-0.1, -0.05) is 24.3 Å². The lowest BCUT2D eigenvalue weighted by atomic mass is 10.1. The zero-order chi connectivity index (χ0) is 21.1. The predicted molar refractivity (Wildman–Crippen MR) is 112 cm³/mol. The van der Waals surface area contributed by atoms with E-state index in [4.69, 9.17) is 14.2 Å². The van der Waals surface area contributed by atoms with E-state index < -0.39 is 6.10 Å². The lowest BCUT2D eigenvalue weighted by molar-refractivity contribution is -0.132. The number of rotatable bonds is 6. The Labute approximate surface area is 176 Å². The third-order valence-electron chi connectivity index (χ3n) is 5.35. The maximum atomic E-state index is 12.9. The molecule has 0 saturated carbocycles. The third kappa shape index (κ3) is 4.06. The van der Waals surface area contributed by atoms with Crippen molar-refractivity contribution in [2.45, 2.75) is 32.5 Å². The van der Waals surface area contributed by atoms with Crippen LogP contribution in [0.1, 0.15) is 20.3 Å². The minimum absolute atomic E-state index is 0.0237. The molecule has 0 saturated heterocycles. The summed E-state index contributed by atoms with van der Waals surface area (Å²) in [6, 6.07) is 14.9. The molecule has 2 unspecified atom stereocenters. The van der Waals surface area contributed by atoms with Crippen molar-refractivity contribution in [1.82, 2.24) is 4.90 Å². The predicted octanol–water partition coefficient (Wildman–Crippen LogP) is 2.88. The number of nitrogens with zero attached hydrogens (tertiary/aromatic N) is 2. The Morgan fingerprint density at radius 2 is 1.77 bits per heavy atom. The molecule has 0 spiro atoms. The van der Waals surface area contributed by atoms with Gasteiger partial charge in [-0.25, -0.2) is 0 Å². The number of para-hydroxylation sites is 4. The molecule has 7 heteroatoms. The van der Waals surface area contributed by atoms with Crippen molar-refractivity contribution in [3.05, 3.63) is 48.5 Å². The van der Waals surface area contributed by atoms with Crippen LogP contribution in [0.4, 0.5) is 5.69 Å². The molecule has 0 radical (unpaired) electrons. The molecule has 2 amide bonds. The van der Waals surface area contributed by atoms with Gasteiger partial charge in [0.2, 0.25) is 5.91 Å². The van der Waals surface area contributed by atoms with Crippen LogP contribution in [0, 0.1) is 0 Å². The second-order valence-corrected chi connectivity index (χ2v) is 7.40. The summed E-state index contributed by atoms with van der Waals surface area (Å²) in [5.74, 6) is 1.92. The van der Waals surface area contributed by atoms with Crippen molar-refractivity contribution < 1.29 is 23.8 Å². The first kappa shape index (κ1) is 20.1. The van der Waals surface area contributed by atoms with Crippen molar-refractivity contribution in [3.63, 3.8) is 0 Å². The van der Waals surface area contributed by atoms with Crippen LogP contribution in [0.25, 0.3) is 0 Å². The number of anilines is 1. The van der Waals surface area contributed by atoms with E-state index in [9.17, 15) is 9.59 Å². The van der Waals surface area contributed by atoms with E-state index in [1.807, 2.05) is 55.5 Å². The summed E-state index contributed by atoms with van der Waals surface area (Å²) < 4.78 is 17.4. The fourth-order valence-corrected chi connectivity index (χ4v) is 3.76. The Morgan fingerprint density at radius 1 is 1.07 bits per heavy atom. The molecule has 0 aliphatic carbocycles. The smallest absolute Gasteiger partial charge is 0.267 e. The van der Waals surface area contributed by atoms with Gasteiger partial charge in [0, 0.05) is 19.5 Å². The van der Waals surface area contributed by atoms with Gasteiger partial charge in [-0.2, -0.15) is 0 Å². The molecule has 2 atom stereocenters. The Morgan fingerprint density at radius 3 is 2.53 bits per heavy atom. The highest BCUT2D eigenvalue weighted by Gasteiger charge is 2.32. The minimum atomic E-state index is -0.565. The summed E-state index contributed by atoms with van der Waals surface area (Å²) in [5.41, 5.74) is 0.706. The third-order valence-corrected chi connectivity index (χ3v) is 5.35. The van der Waals surface area contributed by atoms with E-state index in [-0.39, 0.29) is 24.3 Å². The minimum Gasteiger partial charge on any atom is -0.486 e. The van der Waals surface area contributed by atoms with Crippen molar-refractivity contribution in [2.75, 3.05) is 31.1 Å². The van der Waals surface area contributed by atoms with Crippen molar-refractivity contribution in [3.8, 4) is 17.2 Å². The summed E-state index contributed by atoms with van der Waals surface area (Å²) in [5, 5.41) is 0. The number of hydrogen-bond donors (Lipinski definition) is 0. The van der Waals surface area contributed by atoms with Crippen molar-refractivity contribution in [1.29, 1.82) is 0 Å². The maximum absolute atomic E-state index is 12.9. The van der Waals surface area contributed by atoms with Gasteiger partial charge in [0.25, 0.3) is 5.91 Å². The molecule has 2 heterocycles. The molecule has 2 aliphatic rings. The molecular formula is C23H26N2O5. The van der Waals surface area contributed by atoms with Gasteiger partial charge in [-0.3, -0.25) is 9.59 Å². The first-order chi connectivity index (χ1) is 14.6. The molecule has 0 N–H and O–H groups in total. The van der Waals surface area contributed by atoms with Gasteiger partial charge >= 0.3 is 0 Å². The molecule has 4 rings (SSSR count). The van der Waals surface area contributed by atoms with E-state index in [1.54, 1.807) is 16.7 Å². The first-order valence-electron chi connectivity index (χ1n) is 10.3. The highest BCUT2D eigenvalue weighted by Crippen LogP contribution is 2.34. The van der Waals surface area contributed by atoms with Crippen LogP contribution in [-0.4, -0.2) is 55.2 Å². The summed E-state index contributed by atoms with van der Waals surface area (Å²) in [4.78, 5) is 28.9. The standard InChI is InChI=1S/C23H26N2O5/c1-3-24(14-17-15-28-20-10-6-7-11-21(20)30-17)22(26)12-13-25-18-8-4-5-9-19(18)29-16(2)23(25)27/h4-11,16-17H,3,12-15H2,1-2H3. The van der Waals surface area contributed by atoms with Crippen LogP contribution in [0.2, 0.25) is 0 Å². The summed E-state index contributed by atoms with van der Waals surface area (Å²) in [6.45, 7) is 5.37. The van der Waals surface area contributed by atoms with E-state index in [0.29, 0.717) is 43.4 Å². The second kappa shape index (κ2) is 8.65. The molecule has 158 valence electrons. The zero-order valence-electron chi connectivity index (χ0n) is 17.2. The summed E-state index contributed by atoms with van der Waals surface area (Å²) in [6.07, 6.45) is -0.565. The van der Waals surface area contributed by atoms with Crippen LogP contribution < -0.4 is 19.1 Å². The van der Waals surface area contributed by atoms with Crippen molar-refractivity contribution >= 4 is 17.5 Å². The fraction of sp³-hybridized carbons (Fsp3) is 0.391. The van der Waals surface area contributed by atoms with Gasteiger partial charge in [-0.05, 0) is 38.1 Å². The highest BCUT2D eigenvalue weighted by molar-refractivity contribution is 6.00. The number of amides is 2. The molecule has 0 bridgehead atoms. The SMILES string of the molecule is CCN(CC1COc2ccccc2O1)C(=O)CCN1C(=O)C(C)Oc2ccccc21. The Balaban J connectivity index is 1.38. The molecule has 2 aromatic carbocycles. The summed E-state index contributed by atoms with van der Waals surface area (Å²) in [7, 11) is 0. The summed E-state index contributed by atoms with van der Waals surface area (Å²) >= 11 is 0. The molecule has 2 aromatic rings. The van der Waals surface area contributed by atoms with Crippen LogP contribution in [0.5, 0.6) is 17.2 Å². The Hall–Kier alpha value is -3.22. The number of carbonyl (C=O) groups is 2. The molecular weight excluding hydrogens is 384 g/mol. The topological polar surface area (TPSA) is 68.3 Å². The van der Waals surface area contributed by atoms with Crippen LogP contribution in [0.3, 0.4) is 0 Å². The normalized spacial score (nSPS) is 19.7. The number of likely N-dealkylation sites (N-methyl/N-ethyl adjacent to an activating group) is 1. The lowest BCUT2D eigenvalue weighted by Crippen LogP contribution is -2.47. The average molecular weight is 410 g/mol. The number of carbonyl (C=O) groups excluding carboxylic acids is 2. The van der Waals surface area contributed by atoms with Gasteiger partial charge < -0.3 is 24.0 Å². The van der Waals surface area contributed by atoms with Crippen LogP contribution >= 0.6 is 0 Å². The largest absolute Gasteiger partial charge is 0.486 e. The molecule has 2 aliphatic heterocycles. The number of benzene rings is 2. The Kier molecular flexibility index (Phi) is 5.79. The fourth-order valence-electron chi connectivity index (χ4n) is 3.76.